The van der Waals surface area contributed by atoms with Crippen molar-refractivity contribution in [3.05, 3.63) is 92.9 Å². The van der Waals surface area contributed by atoms with Gasteiger partial charge >= 0.3 is 0 Å². The quantitative estimate of drug-likeness (QED) is 0.425. The number of nitrogens with zero attached hydrogens (tertiary/aromatic N) is 1. The molecule has 2 saturated heterocycles. The van der Waals surface area contributed by atoms with Gasteiger partial charge in [0.15, 0.2) is 5.78 Å². The number of hydrogen-bond acceptors (Lipinski definition) is 4. The van der Waals surface area contributed by atoms with Gasteiger partial charge in [0.1, 0.15) is 11.0 Å². The first-order valence-electron chi connectivity index (χ1n) is 12.0. The molecule has 3 aromatic carbocycles. The number of hydrogen-bond donors (Lipinski definition) is 2. The monoisotopic (exact) mass is 561 g/mol. The number of benzene rings is 3. The summed E-state index contributed by atoms with van der Waals surface area (Å²) < 4.78 is 0.843. The van der Waals surface area contributed by atoms with Crippen LogP contribution >= 0.6 is 27.5 Å². The van der Waals surface area contributed by atoms with Gasteiger partial charge in [-0.2, -0.15) is 0 Å². The van der Waals surface area contributed by atoms with Gasteiger partial charge in [0, 0.05) is 38.0 Å². The number of ketones is 1. The second kappa shape index (κ2) is 7.51. The lowest BCUT2D eigenvalue weighted by atomic mass is 9.60. The Morgan fingerprint density at radius 1 is 0.944 bits per heavy atom. The van der Waals surface area contributed by atoms with Crippen LogP contribution in [0.1, 0.15) is 34.3 Å². The Hall–Kier alpha value is -3.00. The molecule has 2 N–H and O–H groups in total. The number of carbonyl (C=O) groups excluding carboxylic acids is 3. The fraction of sp³-hybridized carbons (Fsp3) is 0.250. The van der Waals surface area contributed by atoms with E-state index in [2.05, 4.69) is 31.5 Å². The number of fused-ring (bicyclic) bond motifs is 7. The van der Waals surface area contributed by atoms with Crippen LogP contribution in [0.2, 0.25) is 5.02 Å². The Labute approximate surface area is 221 Å². The second-order valence-electron chi connectivity index (χ2n) is 9.93. The molecule has 4 aliphatic heterocycles. The zero-order valence-corrected chi connectivity index (χ0v) is 21.4. The van der Waals surface area contributed by atoms with Crippen LogP contribution in [-0.2, 0) is 20.5 Å². The van der Waals surface area contributed by atoms with E-state index in [1.54, 1.807) is 30.3 Å². The van der Waals surface area contributed by atoms with Crippen LogP contribution < -0.4 is 10.6 Å². The normalized spacial score (nSPS) is 29.8. The third-order valence-corrected chi connectivity index (χ3v) is 9.24. The minimum atomic E-state index is -1.36. The lowest BCUT2D eigenvalue weighted by Crippen LogP contribution is -2.55. The fourth-order valence-electron chi connectivity index (χ4n) is 7.30. The number of para-hydroxylation sites is 1. The summed E-state index contributed by atoms with van der Waals surface area (Å²) in [5, 5.41) is 6.57. The summed E-state index contributed by atoms with van der Waals surface area (Å²) in [5.41, 5.74) is 0.651. The molecule has 2 amide bonds. The molecule has 6 nitrogen and oxygen atoms in total. The molecule has 36 heavy (non-hydrogen) atoms. The molecule has 0 aliphatic carbocycles. The van der Waals surface area contributed by atoms with Gasteiger partial charge in [0.25, 0.3) is 0 Å². The summed E-state index contributed by atoms with van der Waals surface area (Å²) in [4.78, 5) is 45.1. The van der Waals surface area contributed by atoms with Gasteiger partial charge in [-0.25, -0.2) is 0 Å². The number of Topliss-reactive ketones (excluding diaryl/α,β-unsaturated/α-hetero) is 1. The fourth-order valence-corrected chi connectivity index (χ4v) is 7.73. The van der Waals surface area contributed by atoms with Crippen LogP contribution in [0, 0.1) is 5.92 Å². The van der Waals surface area contributed by atoms with E-state index in [1.165, 1.54) is 0 Å². The summed E-state index contributed by atoms with van der Waals surface area (Å²) in [6, 6.07) is 19.7. The van der Waals surface area contributed by atoms with Crippen LogP contribution in [0.4, 0.5) is 11.4 Å². The molecule has 7 rings (SSSR count). The van der Waals surface area contributed by atoms with Crippen molar-refractivity contribution < 1.29 is 14.4 Å². The van der Waals surface area contributed by atoms with Gasteiger partial charge < -0.3 is 10.6 Å². The Morgan fingerprint density at radius 2 is 1.67 bits per heavy atom. The molecule has 4 heterocycles. The molecule has 4 aliphatic rings. The number of amides is 2. The molecule has 0 aromatic heterocycles. The highest BCUT2D eigenvalue weighted by atomic mass is 79.9. The standard InChI is InChI=1S/C28H21BrClN3O3/c29-16-9-7-15(8-10-16)23(34)24-27(18-4-1-2-5-20(18)31-25(27)35)22-6-3-13-33(22)28(24)19-14-17(30)11-12-21(19)32-26(28)36/h1-2,4-5,7-12,14,22,24H,3,6,13H2,(H,31,35)(H,32,36)/t22-,24-,27-,28+/m1/s1. The Kier molecular flexibility index (Phi) is 4.63. The van der Waals surface area contributed by atoms with Crippen molar-refractivity contribution in [2.75, 3.05) is 17.2 Å². The SMILES string of the molecule is O=C(c1ccc(Br)cc1)[C@@H]1[C@]2(C(=O)Nc3ccccc32)[C@H]2CCCN2[C@]12C(=O)Nc1ccc(Cl)cc12. The maximum atomic E-state index is 14.7. The van der Waals surface area contributed by atoms with E-state index in [0.717, 1.165) is 16.5 Å². The van der Waals surface area contributed by atoms with Crippen LogP contribution in [0.15, 0.2) is 71.2 Å². The maximum absolute atomic E-state index is 14.7. The first-order chi connectivity index (χ1) is 17.4. The predicted molar refractivity (Wildman–Crippen MR) is 140 cm³/mol. The van der Waals surface area contributed by atoms with E-state index in [-0.39, 0.29) is 23.6 Å². The molecule has 180 valence electrons. The lowest BCUT2D eigenvalue weighted by molar-refractivity contribution is -0.128. The average molecular weight is 563 g/mol. The zero-order valence-electron chi connectivity index (χ0n) is 19.1. The minimum Gasteiger partial charge on any atom is -0.325 e. The number of rotatable bonds is 2. The van der Waals surface area contributed by atoms with Crippen molar-refractivity contribution in [1.29, 1.82) is 0 Å². The van der Waals surface area contributed by atoms with E-state index in [1.807, 2.05) is 36.4 Å². The molecule has 8 heteroatoms. The highest BCUT2D eigenvalue weighted by Gasteiger charge is 2.78. The molecular weight excluding hydrogens is 542 g/mol. The number of halogens is 2. The van der Waals surface area contributed by atoms with Crippen molar-refractivity contribution in [2.45, 2.75) is 29.8 Å². The van der Waals surface area contributed by atoms with Crippen LogP contribution in [0.5, 0.6) is 0 Å². The molecule has 4 atom stereocenters. The average Bonchev–Trinajstić information content (AvgIpc) is 3.58. The molecule has 3 aromatic rings. The molecule has 2 spiro atoms. The van der Waals surface area contributed by atoms with Crippen molar-refractivity contribution in [3.63, 3.8) is 0 Å². The Balaban J connectivity index is 1.59. The van der Waals surface area contributed by atoms with Gasteiger partial charge in [0.05, 0.1) is 5.92 Å². The van der Waals surface area contributed by atoms with E-state index in [9.17, 15) is 14.4 Å². The summed E-state index contributed by atoms with van der Waals surface area (Å²) >= 11 is 9.92. The van der Waals surface area contributed by atoms with Gasteiger partial charge in [0.2, 0.25) is 11.8 Å². The smallest absolute Gasteiger partial charge is 0.250 e. The largest absolute Gasteiger partial charge is 0.325 e. The van der Waals surface area contributed by atoms with Crippen LogP contribution in [-0.4, -0.2) is 35.1 Å². The van der Waals surface area contributed by atoms with E-state index < -0.39 is 16.9 Å². The highest BCUT2D eigenvalue weighted by Crippen LogP contribution is 2.66. The van der Waals surface area contributed by atoms with Gasteiger partial charge in [-0.1, -0.05) is 57.9 Å². The van der Waals surface area contributed by atoms with E-state index in [0.29, 0.717) is 40.5 Å². The molecule has 0 saturated carbocycles. The first kappa shape index (κ1) is 22.2. The highest BCUT2D eigenvalue weighted by molar-refractivity contribution is 9.10. The minimum absolute atomic E-state index is 0.226. The second-order valence-corrected chi connectivity index (χ2v) is 11.3. The molecule has 2 fully saturated rings. The van der Waals surface area contributed by atoms with Crippen molar-refractivity contribution in [3.8, 4) is 0 Å². The maximum Gasteiger partial charge on any atom is 0.250 e. The molecule has 0 bridgehead atoms. The molecular formula is C28H21BrClN3O3. The summed E-state index contributed by atoms with van der Waals surface area (Å²) in [5.74, 6) is -1.72. The molecule has 0 radical (unpaired) electrons. The summed E-state index contributed by atoms with van der Waals surface area (Å²) in [7, 11) is 0. The van der Waals surface area contributed by atoms with Gasteiger partial charge in [-0.3, -0.25) is 19.3 Å². The van der Waals surface area contributed by atoms with Gasteiger partial charge in [-0.05, 0) is 61.3 Å². The number of nitrogens with one attached hydrogen (secondary N) is 2. The summed E-state index contributed by atoms with van der Waals surface area (Å²) in [6.07, 6.45) is 1.53. The van der Waals surface area contributed by atoms with Crippen LogP contribution in [0.25, 0.3) is 0 Å². The number of carbonyl (C=O) groups is 3. The van der Waals surface area contributed by atoms with Crippen LogP contribution in [0.3, 0.4) is 0 Å². The first-order valence-corrected chi connectivity index (χ1v) is 13.2. The third-order valence-electron chi connectivity index (χ3n) is 8.48. The lowest BCUT2D eigenvalue weighted by Gasteiger charge is -2.38. The Morgan fingerprint density at radius 3 is 2.47 bits per heavy atom. The van der Waals surface area contributed by atoms with Crippen molar-refractivity contribution in [2.24, 2.45) is 5.92 Å². The topological polar surface area (TPSA) is 78.5 Å². The zero-order chi connectivity index (χ0) is 24.8. The Bertz CT molecular complexity index is 1490. The number of anilines is 2. The van der Waals surface area contributed by atoms with Crippen molar-refractivity contribution >= 4 is 56.5 Å². The van der Waals surface area contributed by atoms with E-state index >= 15 is 0 Å². The predicted octanol–water partition coefficient (Wildman–Crippen LogP) is 5.12. The molecule has 0 unspecified atom stereocenters. The van der Waals surface area contributed by atoms with Gasteiger partial charge in [-0.15, -0.1) is 0 Å². The van der Waals surface area contributed by atoms with E-state index in [4.69, 9.17) is 11.6 Å². The third kappa shape index (κ3) is 2.53. The summed E-state index contributed by atoms with van der Waals surface area (Å²) in [6.45, 7) is 0.603. The van der Waals surface area contributed by atoms with Crippen molar-refractivity contribution in [1.82, 2.24) is 4.90 Å².